The number of hydrogen-bond donors (Lipinski definition) is 2. The summed E-state index contributed by atoms with van der Waals surface area (Å²) in [6, 6.07) is 17.8. The predicted octanol–water partition coefficient (Wildman–Crippen LogP) is 5.26. The summed E-state index contributed by atoms with van der Waals surface area (Å²) in [5, 5.41) is 17.4. The maximum Gasteiger partial charge on any atom is 0.244 e. The highest BCUT2D eigenvalue weighted by Crippen LogP contribution is 2.47. The van der Waals surface area contributed by atoms with Crippen LogP contribution in [0.15, 0.2) is 60.0 Å². The molecule has 0 aliphatic carbocycles. The van der Waals surface area contributed by atoms with Crippen LogP contribution in [0.2, 0.25) is 0 Å². The van der Waals surface area contributed by atoms with Gasteiger partial charge in [-0.05, 0) is 43.2 Å². The number of aromatic nitrogens is 2. The summed E-state index contributed by atoms with van der Waals surface area (Å²) in [5.41, 5.74) is 9.74. The van der Waals surface area contributed by atoms with Crippen molar-refractivity contribution in [2.75, 3.05) is 13.2 Å². The molecule has 170 valence electrons. The van der Waals surface area contributed by atoms with Crippen LogP contribution in [0.1, 0.15) is 50.2 Å². The van der Waals surface area contributed by atoms with Crippen LogP contribution >= 0.6 is 0 Å². The molecule has 3 N–H and O–H groups in total. The summed E-state index contributed by atoms with van der Waals surface area (Å²) in [5.74, 6) is 1.47. The lowest BCUT2D eigenvalue weighted by molar-refractivity contribution is 0.309. The van der Waals surface area contributed by atoms with E-state index in [9.17, 15) is 5.26 Å². The Morgan fingerprint density at radius 3 is 2.58 bits per heavy atom. The highest BCUT2D eigenvalue weighted by molar-refractivity contribution is 5.72. The van der Waals surface area contributed by atoms with Gasteiger partial charge in [-0.15, -0.1) is 5.10 Å². The van der Waals surface area contributed by atoms with E-state index in [-0.39, 0.29) is 5.88 Å². The summed E-state index contributed by atoms with van der Waals surface area (Å²) in [4.78, 5) is 0. The Hall–Kier alpha value is -3.92. The van der Waals surface area contributed by atoms with Crippen LogP contribution in [0.4, 0.5) is 0 Å². The van der Waals surface area contributed by atoms with Gasteiger partial charge in [-0.3, -0.25) is 5.10 Å². The second-order valence-electron chi connectivity index (χ2n) is 7.85. The largest absolute Gasteiger partial charge is 0.494 e. The van der Waals surface area contributed by atoms with Gasteiger partial charge >= 0.3 is 0 Å². The first kappa shape index (κ1) is 22.3. The third-order valence-corrected chi connectivity index (χ3v) is 5.54. The summed E-state index contributed by atoms with van der Waals surface area (Å²) < 4.78 is 17.5. The molecule has 0 saturated carbocycles. The Morgan fingerprint density at radius 1 is 1.06 bits per heavy atom. The molecule has 0 saturated heterocycles. The maximum absolute atomic E-state index is 9.97. The zero-order valence-electron chi connectivity index (χ0n) is 18.9. The molecule has 2 aromatic carbocycles. The highest BCUT2D eigenvalue weighted by Gasteiger charge is 2.37. The standard InChI is InChI=1S/C26H28N4O3/c1-3-5-15-31-18-12-10-17(11-13-18)24-23-22(19-8-6-7-9-21(19)32-14-4-2)20(16-27)25(28)33-26(23)30-29-24/h6-13,22H,3-5,14-15,28H2,1-2H3,(H,29,30). The first-order chi connectivity index (χ1) is 16.2. The lowest BCUT2D eigenvalue weighted by Gasteiger charge is -2.25. The SMILES string of the molecule is CCCCOc1ccc(-c2[nH]nc3c2C(c2ccccc2OCCC)C(C#N)=C(N)O3)cc1. The number of fused-ring (bicyclic) bond motifs is 1. The minimum absolute atomic E-state index is 0.0537. The van der Waals surface area contributed by atoms with E-state index in [0.717, 1.165) is 47.4 Å². The maximum atomic E-state index is 9.97. The fraction of sp³-hybridized carbons (Fsp3) is 0.308. The second-order valence-corrected chi connectivity index (χ2v) is 7.85. The van der Waals surface area contributed by atoms with Crippen molar-refractivity contribution >= 4 is 0 Å². The number of unbranched alkanes of at least 4 members (excludes halogenated alkanes) is 1. The summed E-state index contributed by atoms with van der Waals surface area (Å²) >= 11 is 0. The van der Waals surface area contributed by atoms with Gasteiger partial charge in [-0.2, -0.15) is 5.26 Å². The van der Waals surface area contributed by atoms with E-state index in [1.54, 1.807) is 0 Å². The number of benzene rings is 2. The quantitative estimate of drug-likeness (QED) is 0.436. The second kappa shape index (κ2) is 10.1. The molecular formula is C26H28N4O3. The van der Waals surface area contributed by atoms with Gasteiger partial charge in [0.2, 0.25) is 11.8 Å². The molecule has 0 radical (unpaired) electrons. The minimum atomic E-state index is -0.471. The Labute approximate surface area is 193 Å². The van der Waals surface area contributed by atoms with Gasteiger partial charge in [0.15, 0.2) is 0 Å². The van der Waals surface area contributed by atoms with Gasteiger partial charge in [0, 0.05) is 11.1 Å². The number of H-pyrrole nitrogens is 1. The number of nitriles is 1. The highest BCUT2D eigenvalue weighted by atomic mass is 16.5. The first-order valence-electron chi connectivity index (χ1n) is 11.3. The molecule has 1 aromatic heterocycles. The van der Waals surface area contributed by atoms with Crippen LogP contribution in [-0.2, 0) is 0 Å². The average molecular weight is 445 g/mol. The van der Waals surface area contributed by atoms with Gasteiger partial charge in [0.25, 0.3) is 0 Å². The normalized spacial score (nSPS) is 14.9. The Balaban J connectivity index is 1.77. The fourth-order valence-electron chi connectivity index (χ4n) is 3.89. The van der Waals surface area contributed by atoms with Crippen molar-refractivity contribution in [2.45, 2.75) is 39.0 Å². The van der Waals surface area contributed by atoms with Crippen molar-refractivity contribution in [3.05, 3.63) is 71.1 Å². The molecule has 1 atom stereocenters. The van der Waals surface area contributed by atoms with Gasteiger partial charge in [-0.1, -0.05) is 38.5 Å². The van der Waals surface area contributed by atoms with Crippen LogP contribution in [-0.4, -0.2) is 23.4 Å². The van der Waals surface area contributed by atoms with Crippen molar-refractivity contribution in [3.8, 4) is 34.7 Å². The molecule has 0 amide bonds. The molecule has 4 rings (SSSR count). The molecule has 33 heavy (non-hydrogen) atoms. The third-order valence-electron chi connectivity index (χ3n) is 5.54. The van der Waals surface area contributed by atoms with E-state index in [1.807, 2.05) is 48.5 Å². The van der Waals surface area contributed by atoms with Crippen molar-refractivity contribution in [2.24, 2.45) is 5.73 Å². The number of nitrogens with zero attached hydrogens (tertiary/aromatic N) is 2. The lowest BCUT2D eigenvalue weighted by Crippen LogP contribution is -2.21. The average Bonchev–Trinajstić information content (AvgIpc) is 3.26. The van der Waals surface area contributed by atoms with Crippen LogP contribution in [0.3, 0.4) is 0 Å². The molecule has 0 bridgehead atoms. The molecule has 0 spiro atoms. The van der Waals surface area contributed by atoms with Crippen LogP contribution in [0.25, 0.3) is 11.3 Å². The number of aromatic amines is 1. The molecule has 7 heteroatoms. The molecule has 1 aliphatic heterocycles. The summed E-state index contributed by atoms with van der Waals surface area (Å²) in [6.07, 6.45) is 2.97. The molecular weight excluding hydrogens is 416 g/mol. The minimum Gasteiger partial charge on any atom is -0.494 e. The third kappa shape index (κ3) is 4.51. The zero-order valence-corrected chi connectivity index (χ0v) is 18.9. The number of allylic oxidation sites excluding steroid dienone is 1. The van der Waals surface area contributed by atoms with Crippen molar-refractivity contribution in [3.63, 3.8) is 0 Å². The number of rotatable bonds is 9. The molecule has 0 fully saturated rings. The summed E-state index contributed by atoms with van der Waals surface area (Å²) in [7, 11) is 0. The van der Waals surface area contributed by atoms with Crippen molar-refractivity contribution in [1.82, 2.24) is 10.2 Å². The lowest BCUT2D eigenvalue weighted by atomic mass is 9.82. The first-order valence-corrected chi connectivity index (χ1v) is 11.3. The molecule has 7 nitrogen and oxygen atoms in total. The smallest absolute Gasteiger partial charge is 0.244 e. The van der Waals surface area contributed by atoms with Crippen molar-refractivity contribution in [1.29, 1.82) is 5.26 Å². The van der Waals surface area contributed by atoms with Gasteiger partial charge < -0.3 is 19.9 Å². The molecule has 1 aliphatic rings. The van der Waals surface area contributed by atoms with Gasteiger partial charge in [0.05, 0.1) is 30.4 Å². The number of nitrogens with one attached hydrogen (secondary N) is 1. The van der Waals surface area contributed by atoms with Crippen LogP contribution in [0, 0.1) is 11.3 Å². The van der Waals surface area contributed by atoms with E-state index in [4.69, 9.17) is 19.9 Å². The number of nitrogens with two attached hydrogens (primary N) is 1. The monoisotopic (exact) mass is 444 g/mol. The van der Waals surface area contributed by atoms with Gasteiger partial charge in [-0.25, -0.2) is 0 Å². The Bertz CT molecular complexity index is 1170. The van der Waals surface area contributed by atoms with E-state index in [2.05, 4.69) is 30.1 Å². The Morgan fingerprint density at radius 2 is 1.85 bits per heavy atom. The number of hydrogen-bond acceptors (Lipinski definition) is 6. The molecule has 2 heterocycles. The number of para-hydroxylation sites is 1. The zero-order chi connectivity index (χ0) is 23.2. The molecule has 1 unspecified atom stereocenters. The predicted molar refractivity (Wildman–Crippen MR) is 126 cm³/mol. The van der Waals surface area contributed by atoms with E-state index < -0.39 is 5.92 Å². The Kier molecular flexibility index (Phi) is 6.84. The van der Waals surface area contributed by atoms with E-state index in [0.29, 0.717) is 30.4 Å². The number of ether oxygens (including phenoxy) is 3. The van der Waals surface area contributed by atoms with Crippen molar-refractivity contribution < 1.29 is 14.2 Å². The fourth-order valence-corrected chi connectivity index (χ4v) is 3.89. The van der Waals surface area contributed by atoms with E-state index >= 15 is 0 Å². The van der Waals surface area contributed by atoms with Gasteiger partial charge in [0.1, 0.15) is 23.1 Å². The van der Waals surface area contributed by atoms with Crippen LogP contribution < -0.4 is 19.9 Å². The van der Waals surface area contributed by atoms with E-state index in [1.165, 1.54) is 0 Å². The molecule has 3 aromatic rings. The summed E-state index contributed by atoms with van der Waals surface area (Å²) in [6.45, 7) is 5.45. The van der Waals surface area contributed by atoms with Crippen LogP contribution in [0.5, 0.6) is 17.4 Å². The topological polar surface area (TPSA) is 106 Å².